The van der Waals surface area contributed by atoms with Crippen LogP contribution in [0.5, 0.6) is 0 Å². The van der Waals surface area contributed by atoms with Crippen molar-refractivity contribution in [1.29, 1.82) is 0 Å². The first-order valence-electron chi connectivity index (χ1n) is 8.43. The van der Waals surface area contributed by atoms with E-state index in [-0.39, 0.29) is 24.3 Å². The molecule has 0 saturated carbocycles. The molecule has 0 spiro atoms. The molecule has 0 bridgehead atoms. The number of anilines is 2. The second kappa shape index (κ2) is 5.78. The summed E-state index contributed by atoms with van der Waals surface area (Å²) >= 11 is 0. The predicted molar refractivity (Wildman–Crippen MR) is 94.2 cm³/mol. The Morgan fingerprint density at radius 1 is 1.00 bits per heavy atom. The van der Waals surface area contributed by atoms with Gasteiger partial charge in [0.1, 0.15) is 6.04 Å². The fraction of sp³-hybridized carbons (Fsp3) is 0.300. The molecule has 1 saturated heterocycles. The Kier molecular flexibility index (Phi) is 3.60. The Morgan fingerprint density at radius 2 is 1.75 bits per heavy atom. The van der Waals surface area contributed by atoms with Gasteiger partial charge in [-0.3, -0.25) is 9.59 Å². The van der Waals surface area contributed by atoms with Crippen LogP contribution in [0.4, 0.5) is 11.4 Å². The Labute approximate surface area is 141 Å². The van der Waals surface area contributed by atoms with Gasteiger partial charge in [0.2, 0.25) is 5.91 Å². The molecule has 4 rings (SSSR count). The summed E-state index contributed by atoms with van der Waals surface area (Å²) in [6.07, 6.45) is 2.30. The minimum absolute atomic E-state index is 0.111. The second-order valence-electron chi connectivity index (χ2n) is 6.55. The molecule has 4 nitrogen and oxygen atoms in total. The molecule has 1 fully saturated rings. The van der Waals surface area contributed by atoms with Crippen LogP contribution < -0.4 is 9.80 Å². The highest BCUT2D eigenvalue weighted by molar-refractivity contribution is 6.23. The summed E-state index contributed by atoms with van der Waals surface area (Å²) in [6, 6.07) is 15.4. The molecule has 0 radical (unpaired) electrons. The molecule has 2 aliphatic heterocycles. The lowest BCUT2D eigenvalue weighted by atomic mass is 9.99. The van der Waals surface area contributed by atoms with Crippen LogP contribution in [-0.4, -0.2) is 24.4 Å². The van der Waals surface area contributed by atoms with Crippen LogP contribution in [0.2, 0.25) is 0 Å². The second-order valence-corrected chi connectivity index (χ2v) is 6.55. The number of para-hydroxylation sites is 1. The highest BCUT2D eigenvalue weighted by atomic mass is 16.2. The van der Waals surface area contributed by atoms with Crippen molar-refractivity contribution >= 4 is 23.2 Å². The molecular formula is C20H20N2O2. The SMILES string of the molecule is Cc1ccc(N2C(=O)CC(N3CCCc4ccccc43)C2=O)cc1. The maximum absolute atomic E-state index is 13.0. The molecule has 2 aromatic rings. The van der Waals surface area contributed by atoms with E-state index < -0.39 is 0 Å². The van der Waals surface area contributed by atoms with Gasteiger partial charge in [0.25, 0.3) is 5.91 Å². The first-order chi connectivity index (χ1) is 11.6. The van der Waals surface area contributed by atoms with Gasteiger partial charge >= 0.3 is 0 Å². The first-order valence-corrected chi connectivity index (χ1v) is 8.43. The van der Waals surface area contributed by atoms with Crippen molar-refractivity contribution in [1.82, 2.24) is 0 Å². The van der Waals surface area contributed by atoms with E-state index in [1.54, 1.807) is 0 Å². The monoisotopic (exact) mass is 320 g/mol. The van der Waals surface area contributed by atoms with Gasteiger partial charge in [0, 0.05) is 12.2 Å². The lowest BCUT2D eigenvalue weighted by molar-refractivity contribution is -0.121. The summed E-state index contributed by atoms with van der Waals surface area (Å²) in [7, 11) is 0. The zero-order chi connectivity index (χ0) is 16.7. The smallest absolute Gasteiger partial charge is 0.256 e. The minimum atomic E-state index is -0.389. The van der Waals surface area contributed by atoms with E-state index in [1.807, 2.05) is 43.3 Å². The number of fused-ring (bicyclic) bond motifs is 1. The molecule has 122 valence electrons. The molecule has 2 heterocycles. The summed E-state index contributed by atoms with van der Waals surface area (Å²) in [5, 5.41) is 0. The van der Waals surface area contributed by atoms with Crippen LogP contribution in [0, 0.1) is 6.92 Å². The number of hydrogen-bond donors (Lipinski definition) is 0. The number of imide groups is 1. The zero-order valence-corrected chi connectivity index (χ0v) is 13.7. The maximum atomic E-state index is 13.0. The van der Waals surface area contributed by atoms with E-state index in [0.29, 0.717) is 5.69 Å². The van der Waals surface area contributed by atoms with Crippen LogP contribution in [0.1, 0.15) is 24.0 Å². The van der Waals surface area contributed by atoms with Crippen molar-refractivity contribution in [3.8, 4) is 0 Å². The predicted octanol–water partition coefficient (Wildman–Crippen LogP) is 3.08. The number of hydrogen-bond acceptors (Lipinski definition) is 3. The molecule has 24 heavy (non-hydrogen) atoms. The van der Waals surface area contributed by atoms with Gasteiger partial charge in [-0.2, -0.15) is 0 Å². The van der Waals surface area contributed by atoms with Crippen LogP contribution in [0.3, 0.4) is 0 Å². The summed E-state index contributed by atoms with van der Waals surface area (Å²) in [5.74, 6) is -0.225. The molecular weight excluding hydrogens is 300 g/mol. The van der Waals surface area contributed by atoms with E-state index in [1.165, 1.54) is 10.5 Å². The molecule has 1 unspecified atom stereocenters. The molecule has 0 aliphatic carbocycles. The topological polar surface area (TPSA) is 40.6 Å². The molecule has 0 N–H and O–H groups in total. The highest BCUT2D eigenvalue weighted by Gasteiger charge is 2.43. The van der Waals surface area contributed by atoms with Crippen LogP contribution in [0.15, 0.2) is 48.5 Å². The third kappa shape index (κ3) is 2.39. The minimum Gasteiger partial charge on any atom is -0.359 e. The molecule has 0 aromatic heterocycles. The number of nitrogens with zero attached hydrogens (tertiary/aromatic N) is 2. The number of aryl methyl sites for hydroxylation is 2. The quantitative estimate of drug-likeness (QED) is 0.799. The largest absolute Gasteiger partial charge is 0.359 e. The van der Waals surface area contributed by atoms with E-state index in [4.69, 9.17) is 0 Å². The number of rotatable bonds is 2. The highest BCUT2D eigenvalue weighted by Crippen LogP contribution is 2.33. The average molecular weight is 320 g/mol. The van der Waals surface area contributed by atoms with E-state index in [0.717, 1.165) is 30.6 Å². The lowest BCUT2D eigenvalue weighted by Gasteiger charge is -2.34. The van der Waals surface area contributed by atoms with Gasteiger partial charge in [0.15, 0.2) is 0 Å². The Morgan fingerprint density at radius 3 is 2.54 bits per heavy atom. The van der Waals surface area contributed by atoms with Gasteiger partial charge in [0.05, 0.1) is 12.1 Å². The fourth-order valence-corrected chi connectivity index (χ4v) is 3.71. The lowest BCUT2D eigenvalue weighted by Crippen LogP contribution is -2.44. The Balaban J connectivity index is 1.66. The summed E-state index contributed by atoms with van der Waals surface area (Å²) < 4.78 is 0. The molecule has 4 heteroatoms. The van der Waals surface area contributed by atoms with Crippen LogP contribution in [-0.2, 0) is 16.0 Å². The van der Waals surface area contributed by atoms with E-state index in [2.05, 4.69) is 17.0 Å². The number of benzene rings is 2. The summed E-state index contributed by atoms with van der Waals surface area (Å²) in [5.41, 5.74) is 4.14. The van der Waals surface area contributed by atoms with Crippen molar-refractivity contribution in [3.05, 3.63) is 59.7 Å². The summed E-state index contributed by atoms with van der Waals surface area (Å²) in [4.78, 5) is 29.0. The standard InChI is InChI=1S/C20H20N2O2/c1-14-8-10-16(11-9-14)22-19(23)13-18(20(22)24)21-12-4-6-15-5-2-3-7-17(15)21/h2-3,5,7-11,18H,4,6,12-13H2,1H3. The van der Waals surface area contributed by atoms with E-state index in [9.17, 15) is 9.59 Å². The van der Waals surface area contributed by atoms with Crippen LogP contribution in [0.25, 0.3) is 0 Å². The van der Waals surface area contributed by atoms with Crippen molar-refractivity contribution in [2.75, 3.05) is 16.3 Å². The number of carbonyl (C=O) groups is 2. The van der Waals surface area contributed by atoms with Crippen LogP contribution >= 0.6 is 0 Å². The van der Waals surface area contributed by atoms with Crippen molar-refractivity contribution in [3.63, 3.8) is 0 Å². The van der Waals surface area contributed by atoms with Gasteiger partial charge in [-0.05, 0) is 43.5 Å². The van der Waals surface area contributed by atoms with E-state index >= 15 is 0 Å². The zero-order valence-electron chi connectivity index (χ0n) is 13.7. The molecule has 2 amide bonds. The maximum Gasteiger partial charge on any atom is 0.256 e. The van der Waals surface area contributed by atoms with Gasteiger partial charge in [-0.25, -0.2) is 4.90 Å². The first kappa shape index (κ1) is 14.9. The molecule has 2 aromatic carbocycles. The number of amides is 2. The normalized spacial score (nSPS) is 20.5. The third-order valence-electron chi connectivity index (χ3n) is 4.94. The summed E-state index contributed by atoms with van der Waals surface area (Å²) in [6.45, 7) is 2.81. The van der Waals surface area contributed by atoms with Gasteiger partial charge < -0.3 is 4.90 Å². The Hall–Kier alpha value is -2.62. The van der Waals surface area contributed by atoms with Gasteiger partial charge in [-0.1, -0.05) is 35.9 Å². The average Bonchev–Trinajstić information content (AvgIpc) is 2.90. The number of carbonyl (C=O) groups excluding carboxylic acids is 2. The third-order valence-corrected chi connectivity index (χ3v) is 4.94. The van der Waals surface area contributed by atoms with Gasteiger partial charge in [-0.15, -0.1) is 0 Å². The molecule has 1 atom stereocenters. The van der Waals surface area contributed by atoms with Crippen molar-refractivity contribution in [2.24, 2.45) is 0 Å². The van der Waals surface area contributed by atoms with Crippen molar-refractivity contribution in [2.45, 2.75) is 32.2 Å². The molecule has 2 aliphatic rings. The Bertz CT molecular complexity index is 798. The fourth-order valence-electron chi connectivity index (χ4n) is 3.71. The van der Waals surface area contributed by atoms with Crippen molar-refractivity contribution < 1.29 is 9.59 Å².